The van der Waals surface area contributed by atoms with E-state index in [2.05, 4.69) is 10.1 Å². The maximum Gasteiger partial charge on any atom is 0.218 e. The van der Waals surface area contributed by atoms with E-state index < -0.39 is 18.1 Å². The number of nitrogens with two attached hydrogens (primary N) is 1. The van der Waals surface area contributed by atoms with E-state index in [0.717, 1.165) is 0 Å². The van der Waals surface area contributed by atoms with Crippen LogP contribution in [0.1, 0.15) is 24.1 Å². The minimum absolute atomic E-state index is 0.0810. The molecule has 0 fully saturated rings. The van der Waals surface area contributed by atoms with Gasteiger partial charge in [0.25, 0.3) is 0 Å². The molecule has 0 aliphatic carbocycles. The highest BCUT2D eigenvalue weighted by Gasteiger charge is 2.27. The Morgan fingerprint density at radius 3 is 2.75 bits per heavy atom. The van der Waals surface area contributed by atoms with E-state index in [4.69, 9.17) is 28.9 Å². The van der Waals surface area contributed by atoms with Crippen LogP contribution in [-0.2, 0) is 4.79 Å². The van der Waals surface area contributed by atoms with E-state index in [1.807, 2.05) is 0 Å². The van der Waals surface area contributed by atoms with Crippen molar-refractivity contribution in [2.75, 3.05) is 0 Å². The highest BCUT2D eigenvalue weighted by Crippen LogP contribution is 2.35. The Labute approximate surface area is 125 Å². The average molecular weight is 315 g/mol. The van der Waals surface area contributed by atoms with Crippen LogP contribution in [0.3, 0.4) is 0 Å². The van der Waals surface area contributed by atoms with Crippen LogP contribution < -0.4 is 5.73 Å². The zero-order valence-corrected chi connectivity index (χ0v) is 11.8. The standard InChI is InChI=1S/C12H12Cl2N4O2/c13-7-1-2-8(10(14)3-7)9(4-11(15)19)12(20)18-6-16-5-17-18/h1-3,5-6,9,12,20H,4H2,(H2,15,19). The zero-order chi connectivity index (χ0) is 14.7. The molecule has 0 saturated carbocycles. The van der Waals surface area contributed by atoms with Gasteiger partial charge in [-0.3, -0.25) is 4.79 Å². The lowest BCUT2D eigenvalue weighted by molar-refractivity contribution is -0.119. The number of aliphatic hydroxyl groups is 1. The lowest BCUT2D eigenvalue weighted by Gasteiger charge is -2.23. The summed E-state index contributed by atoms with van der Waals surface area (Å²) in [6.07, 6.45) is 1.45. The van der Waals surface area contributed by atoms with Crippen molar-refractivity contribution in [1.82, 2.24) is 14.8 Å². The lowest BCUT2D eigenvalue weighted by Crippen LogP contribution is -2.24. The summed E-state index contributed by atoms with van der Waals surface area (Å²) < 4.78 is 1.23. The van der Waals surface area contributed by atoms with Gasteiger partial charge in [-0.25, -0.2) is 9.67 Å². The van der Waals surface area contributed by atoms with Gasteiger partial charge in [0, 0.05) is 22.4 Å². The Kier molecular flexibility index (Phi) is 4.59. The first-order chi connectivity index (χ1) is 9.49. The van der Waals surface area contributed by atoms with Gasteiger partial charge in [-0.15, -0.1) is 0 Å². The van der Waals surface area contributed by atoms with Gasteiger partial charge in [0.05, 0.1) is 0 Å². The molecular formula is C12H12Cl2N4O2. The van der Waals surface area contributed by atoms with E-state index in [-0.39, 0.29) is 6.42 Å². The van der Waals surface area contributed by atoms with Crippen LogP contribution in [0.15, 0.2) is 30.9 Å². The largest absolute Gasteiger partial charge is 0.371 e. The molecule has 1 amide bonds. The highest BCUT2D eigenvalue weighted by atomic mass is 35.5. The maximum absolute atomic E-state index is 11.2. The third-order valence-corrected chi connectivity index (χ3v) is 3.41. The normalized spacial score (nSPS) is 13.9. The van der Waals surface area contributed by atoms with Crippen LogP contribution in [0.5, 0.6) is 0 Å². The lowest BCUT2D eigenvalue weighted by atomic mass is 9.93. The molecule has 1 aromatic heterocycles. The van der Waals surface area contributed by atoms with Crippen LogP contribution in [0.2, 0.25) is 10.0 Å². The second-order valence-electron chi connectivity index (χ2n) is 4.23. The summed E-state index contributed by atoms with van der Waals surface area (Å²) in [5, 5.41) is 15.0. The van der Waals surface area contributed by atoms with E-state index in [0.29, 0.717) is 15.6 Å². The van der Waals surface area contributed by atoms with E-state index in [9.17, 15) is 9.90 Å². The van der Waals surface area contributed by atoms with Crippen LogP contribution in [0.4, 0.5) is 0 Å². The Balaban J connectivity index is 2.39. The number of hydrogen-bond acceptors (Lipinski definition) is 4. The van der Waals surface area contributed by atoms with E-state index in [1.165, 1.54) is 17.3 Å². The van der Waals surface area contributed by atoms with E-state index in [1.54, 1.807) is 18.2 Å². The summed E-state index contributed by atoms with van der Waals surface area (Å²) in [6.45, 7) is 0. The average Bonchev–Trinajstić information content (AvgIpc) is 2.89. The van der Waals surface area contributed by atoms with Crippen molar-refractivity contribution in [3.63, 3.8) is 0 Å². The van der Waals surface area contributed by atoms with Crippen molar-refractivity contribution in [1.29, 1.82) is 0 Å². The SMILES string of the molecule is NC(=O)CC(c1ccc(Cl)cc1Cl)C(O)n1cncn1. The topological polar surface area (TPSA) is 94.0 Å². The molecule has 0 bridgehead atoms. The Bertz CT molecular complexity index is 604. The van der Waals surface area contributed by atoms with Crippen molar-refractivity contribution in [3.8, 4) is 0 Å². The third-order valence-electron chi connectivity index (χ3n) is 2.85. The van der Waals surface area contributed by atoms with Gasteiger partial charge in [-0.1, -0.05) is 29.3 Å². The second-order valence-corrected chi connectivity index (χ2v) is 5.08. The number of primary amides is 1. The van der Waals surface area contributed by atoms with Gasteiger partial charge in [-0.2, -0.15) is 5.10 Å². The number of aliphatic hydroxyl groups excluding tert-OH is 1. The maximum atomic E-state index is 11.2. The third kappa shape index (κ3) is 3.27. The molecule has 1 aromatic carbocycles. The first-order valence-electron chi connectivity index (χ1n) is 5.74. The van der Waals surface area contributed by atoms with Crippen molar-refractivity contribution in [2.45, 2.75) is 18.6 Å². The van der Waals surface area contributed by atoms with Crippen LogP contribution in [0.25, 0.3) is 0 Å². The number of halogens is 2. The summed E-state index contributed by atoms with van der Waals surface area (Å²) >= 11 is 12.0. The predicted octanol–water partition coefficient (Wildman–Crippen LogP) is 1.74. The molecule has 20 heavy (non-hydrogen) atoms. The Hall–Kier alpha value is -1.63. The van der Waals surface area contributed by atoms with Gasteiger partial charge in [0.15, 0.2) is 6.23 Å². The quantitative estimate of drug-likeness (QED) is 0.878. The molecule has 2 unspecified atom stereocenters. The van der Waals surface area contributed by atoms with Crippen LogP contribution in [-0.4, -0.2) is 25.8 Å². The molecule has 0 aliphatic heterocycles. The van der Waals surface area contributed by atoms with Gasteiger partial charge in [-0.05, 0) is 17.7 Å². The second kappa shape index (κ2) is 6.21. The molecule has 3 N–H and O–H groups in total. The molecule has 0 radical (unpaired) electrons. The number of aromatic nitrogens is 3. The fraction of sp³-hybridized carbons (Fsp3) is 0.250. The first-order valence-corrected chi connectivity index (χ1v) is 6.50. The summed E-state index contributed by atoms with van der Waals surface area (Å²) in [5.74, 6) is -1.20. The van der Waals surface area contributed by atoms with Gasteiger partial charge >= 0.3 is 0 Å². The Morgan fingerprint density at radius 2 is 2.20 bits per heavy atom. The first kappa shape index (κ1) is 14.8. The molecule has 6 nitrogen and oxygen atoms in total. The predicted molar refractivity (Wildman–Crippen MR) is 74.3 cm³/mol. The van der Waals surface area contributed by atoms with Crippen molar-refractivity contribution in [2.24, 2.45) is 5.73 Å². The van der Waals surface area contributed by atoms with Crippen molar-refractivity contribution >= 4 is 29.1 Å². The molecule has 106 valence electrons. The fourth-order valence-corrected chi connectivity index (χ4v) is 2.48. The van der Waals surface area contributed by atoms with Gasteiger partial charge in [0.2, 0.25) is 5.91 Å². The minimum atomic E-state index is -1.11. The molecule has 1 heterocycles. The molecule has 8 heteroatoms. The van der Waals surface area contributed by atoms with Gasteiger partial charge < -0.3 is 10.8 Å². The number of rotatable bonds is 5. The summed E-state index contributed by atoms with van der Waals surface area (Å²) in [5.41, 5.74) is 5.80. The molecule has 0 spiro atoms. The summed E-state index contributed by atoms with van der Waals surface area (Å²) in [4.78, 5) is 15.0. The van der Waals surface area contributed by atoms with Crippen LogP contribution in [0, 0.1) is 0 Å². The highest BCUT2D eigenvalue weighted by molar-refractivity contribution is 6.35. The molecular weight excluding hydrogens is 303 g/mol. The fourth-order valence-electron chi connectivity index (χ4n) is 1.93. The number of benzene rings is 1. The molecule has 2 aromatic rings. The van der Waals surface area contributed by atoms with E-state index >= 15 is 0 Å². The molecule has 2 atom stereocenters. The summed E-state index contributed by atoms with van der Waals surface area (Å²) in [7, 11) is 0. The van der Waals surface area contributed by atoms with Gasteiger partial charge in [0.1, 0.15) is 12.7 Å². The van der Waals surface area contributed by atoms with Crippen molar-refractivity contribution < 1.29 is 9.90 Å². The number of nitrogens with zero attached hydrogens (tertiary/aromatic N) is 3. The number of carbonyl (C=O) groups excluding carboxylic acids is 1. The number of amides is 1. The molecule has 2 rings (SSSR count). The monoisotopic (exact) mass is 314 g/mol. The number of carbonyl (C=O) groups is 1. The van der Waals surface area contributed by atoms with Crippen LogP contribution >= 0.6 is 23.2 Å². The molecule has 0 aliphatic rings. The smallest absolute Gasteiger partial charge is 0.218 e. The number of hydrogen-bond donors (Lipinski definition) is 2. The summed E-state index contributed by atoms with van der Waals surface area (Å²) in [6, 6.07) is 4.82. The van der Waals surface area contributed by atoms with Crippen molar-refractivity contribution in [3.05, 3.63) is 46.5 Å². The Morgan fingerprint density at radius 1 is 1.45 bits per heavy atom. The molecule has 0 saturated heterocycles. The zero-order valence-electron chi connectivity index (χ0n) is 10.3. The minimum Gasteiger partial charge on any atom is -0.371 e.